The van der Waals surface area contributed by atoms with Gasteiger partial charge in [0, 0.05) is 27.5 Å². The Morgan fingerprint density at radius 3 is 1.50 bits per heavy atom. The maximum atomic E-state index is 6.95. The average molecular weight is 736 g/mol. The lowest BCUT2D eigenvalue weighted by molar-refractivity contribution is 0.437. The number of ether oxygens (including phenoxy) is 1. The van der Waals surface area contributed by atoms with Gasteiger partial charge in [-0.15, -0.1) is 0 Å². The van der Waals surface area contributed by atoms with Crippen molar-refractivity contribution in [3.8, 4) is 45.0 Å². The van der Waals surface area contributed by atoms with Gasteiger partial charge in [-0.3, -0.25) is 0 Å². The van der Waals surface area contributed by atoms with Crippen LogP contribution < -0.4 is 4.74 Å². The van der Waals surface area contributed by atoms with E-state index in [9.17, 15) is 0 Å². The van der Waals surface area contributed by atoms with Crippen molar-refractivity contribution in [3.63, 3.8) is 0 Å². The molecule has 58 heavy (non-hydrogen) atoms. The Hall–Kier alpha value is -7.55. The minimum absolute atomic E-state index is 0.533. The van der Waals surface area contributed by atoms with Gasteiger partial charge in [0.2, 0.25) is 0 Å². The van der Waals surface area contributed by atoms with Crippen molar-refractivity contribution in [1.29, 1.82) is 0 Å². The van der Waals surface area contributed by atoms with E-state index >= 15 is 0 Å². The Labute approximate surface area is 335 Å². The van der Waals surface area contributed by atoms with Crippen LogP contribution in [0.4, 0.5) is 0 Å². The van der Waals surface area contributed by atoms with Crippen LogP contribution in [0.3, 0.4) is 0 Å². The van der Waals surface area contributed by atoms with Gasteiger partial charge in [0.15, 0.2) is 0 Å². The highest BCUT2D eigenvalue weighted by Crippen LogP contribution is 2.62. The number of benzene rings is 10. The van der Waals surface area contributed by atoms with Crippen LogP contribution in [0.5, 0.6) is 11.5 Å². The predicted molar refractivity (Wildman–Crippen MR) is 240 cm³/mol. The van der Waals surface area contributed by atoms with E-state index < -0.39 is 5.41 Å². The summed E-state index contributed by atoms with van der Waals surface area (Å²) < 4.78 is 6.95. The minimum Gasteiger partial charge on any atom is -0.457 e. The van der Waals surface area contributed by atoms with Crippen molar-refractivity contribution in [3.05, 3.63) is 222 Å². The highest BCUT2D eigenvalue weighted by Gasteiger charge is 2.51. The van der Waals surface area contributed by atoms with E-state index in [0.717, 1.165) is 44.6 Å². The molecule has 11 aromatic rings. The van der Waals surface area contributed by atoms with E-state index in [0.29, 0.717) is 0 Å². The van der Waals surface area contributed by atoms with Gasteiger partial charge in [0.1, 0.15) is 11.5 Å². The first-order chi connectivity index (χ1) is 28.8. The molecule has 13 rings (SSSR count). The van der Waals surface area contributed by atoms with Crippen molar-refractivity contribution in [2.24, 2.45) is 0 Å². The predicted octanol–water partition coefficient (Wildman–Crippen LogP) is 14.7. The van der Waals surface area contributed by atoms with Crippen molar-refractivity contribution < 1.29 is 4.74 Å². The lowest BCUT2D eigenvalue weighted by atomic mass is 9.65. The van der Waals surface area contributed by atoms with Crippen molar-refractivity contribution in [2.75, 3.05) is 0 Å². The van der Waals surface area contributed by atoms with Crippen LogP contribution in [0, 0.1) is 0 Å². The lowest BCUT2D eigenvalue weighted by Gasteiger charge is -2.39. The number of rotatable bonds is 2. The second-order valence-corrected chi connectivity index (χ2v) is 15.7. The molecule has 2 heteroatoms. The maximum absolute atomic E-state index is 6.95. The monoisotopic (exact) mass is 735 g/mol. The zero-order chi connectivity index (χ0) is 38.0. The summed E-state index contributed by atoms with van der Waals surface area (Å²) in [6, 6.07) is 73.0. The fraction of sp³-hybridized carbons (Fsp3) is 0.0179. The average Bonchev–Trinajstić information content (AvgIpc) is 3.59. The number of aromatic nitrogens is 1. The first-order valence-corrected chi connectivity index (χ1v) is 20.0. The van der Waals surface area contributed by atoms with Gasteiger partial charge in [-0.2, -0.15) is 0 Å². The SMILES string of the molecule is c1ccc2c(c1)Oc1cc3c(-c4ccc(-c5ccc6c7ccccc7c7ccccc7c6c5)cc4)nc4ccccc4c3cc1C21c2ccccc2-c2ccccc21. The van der Waals surface area contributed by atoms with E-state index in [2.05, 4.69) is 200 Å². The number of pyridine rings is 1. The highest BCUT2D eigenvalue weighted by molar-refractivity contribution is 6.25. The molecular weight excluding hydrogens is 703 g/mol. The number of hydrogen-bond acceptors (Lipinski definition) is 2. The van der Waals surface area contributed by atoms with Crippen LogP contribution in [0.1, 0.15) is 22.3 Å². The molecule has 1 aliphatic heterocycles. The normalized spacial score (nSPS) is 13.4. The van der Waals surface area contributed by atoms with E-state index in [-0.39, 0.29) is 0 Å². The van der Waals surface area contributed by atoms with Gasteiger partial charge in [-0.25, -0.2) is 4.98 Å². The molecule has 10 aromatic carbocycles. The zero-order valence-electron chi connectivity index (χ0n) is 31.4. The van der Waals surface area contributed by atoms with E-state index in [1.54, 1.807) is 0 Å². The first kappa shape index (κ1) is 31.6. The highest BCUT2D eigenvalue weighted by atomic mass is 16.5. The lowest BCUT2D eigenvalue weighted by Crippen LogP contribution is -2.32. The van der Waals surface area contributed by atoms with Crippen LogP contribution >= 0.6 is 0 Å². The maximum Gasteiger partial charge on any atom is 0.132 e. The molecule has 0 radical (unpaired) electrons. The van der Waals surface area contributed by atoms with Gasteiger partial charge in [0.25, 0.3) is 0 Å². The van der Waals surface area contributed by atoms with Crippen LogP contribution in [-0.4, -0.2) is 4.98 Å². The molecule has 2 aliphatic rings. The summed E-state index contributed by atoms with van der Waals surface area (Å²) in [4.78, 5) is 5.38. The summed E-state index contributed by atoms with van der Waals surface area (Å²) in [5.74, 6) is 1.75. The van der Waals surface area contributed by atoms with Gasteiger partial charge in [-0.1, -0.05) is 170 Å². The summed E-state index contributed by atoms with van der Waals surface area (Å²) >= 11 is 0. The Morgan fingerprint density at radius 1 is 0.310 bits per heavy atom. The molecule has 1 aromatic heterocycles. The molecule has 2 heterocycles. The summed E-state index contributed by atoms with van der Waals surface area (Å²) in [6.07, 6.45) is 0. The van der Waals surface area contributed by atoms with E-state index in [4.69, 9.17) is 9.72 Å². The molecule has 0 bridgehead atoms. The first-order valence-electron chi connectivity index (χ1n) is 20.0. The number of hydrogen-bond donors (Lipinski definition) is 0. The Morgan fingerprint density at radius 2 is 0.810 bits per heavy atom. The van der Waals surface area contributed by atoms with Crippen molar-refractivity contribution >= 4 is 54.0 Å². The zero-order valence-corrected chi connectivity index (χ0v) is 31.4. The van der Waals surface area contributed by atoms with Crippen molar-refractivity contribution in [2.45, 2.75) is 5.41 Å². The fourth-order valence-electron chi connectivity index (χ4n) is 10.4. The number of nitrogens with zero attached hydrogens (tertiary/aromatic N) is 1. The number of para-hydroxylation sites is 2. The molecule has 0 atom stereocenters. The summed E-state index contributed by atoms with van der Waals surface area (Å²) in [5, 5.41) is 11.1. The second-order valence-electron chi connectivity index (χ2n) is 15.7. The topological polar surface area (TPSA) is 22.1 Å². The van der Waals surface area contributed by atoms with Crippen LogP contribution in [0.2, 0.25) is 0 Å². The van der Waals surface area contributed by atoms with Gasteiger partial charge in [0.05, 0.1) is 16.6 Å². The van der Waals surface area contributed by atoms with Crippen molar-refractivity contribution in [1.82, 2.24) is 4.98 Å². The molecule has 0 N–H and O–H groups in total. The standard InChI is InChI=1S/C56H33NO/c1-2-15-39-37(13-1)38-14-3-4-16-40(38)45-31-36(29-30-41(39)45)34-25-27-35(28-26-34)55-47-33-54-51(32-46(47)44-19-7-11-23-52(44)57-55)56(50-22-10-12-24-53(50)58-54)48-20-8-5-17-42(48)43-18-6-9-21-49(43)56/h1-33H. The summed E-state index contributed by atoms with van der Waals surface area (Å²) in [7, 11) is 0. The summed E-state index contributed by atoms with van der Waals surface area (Å²) in [5.41, 5.74) is 12.3. The minimum atomic E-state index is -0.533. The molecule has 0 unspecified atom stereocenters. The van der Waals surface area contributed by atoms with Gasteiger partial charge < -0.3 is 4.74 Å². The van der Waals surface area contributed by atoms with Crippen LogP contribution in [0.25, 0.3) is 87.5 Å². The third-order valence-corrected chi connectivity index (χ3v) is 12.9. The Bertz CT molecular complexity index is 3460. The Balaban J connectivity index is 1.02. The van der Waals surface area contributed by atoms with Gasteiger partial charge >= 0.3 is 0 Å². The number of fused-ring (bicyclic) bond motifs is 18. The third kappa shape index (κ3) is 4.18. The fourth-order valence-corrected chi connectivity index (χ4v) is 10.4. The molecular formula is C56H33NO. The third-order valence-electron chi connectivity index (χ3n) is 12.9. The molecule has 1 aliphatic carbocycles. The molecule has 268 valence electrons. The van der Waals surface area contributed by atoms with E-state index in [1.165, 1.54) is 76.6 Å². The summed E-state index contributed by atoms with van der Waals surface area (Å²) in [6.45, 7) is 0. The van der Waals surface area contributed by atoms with Gasteiger partial charge in [-0.05, 0) is 101 Å². The quantitative estimate of drug-likeness (QED) is 0.165. The smallest absolute Gasteiger partial charge is 0.132 e. The molecule has 1 spiro atoms. The molecule has 0 saturated heterocycles. The second kappa shape index (κ2) is 11.7. The largest absolute Gasteiger partial charge is 0.457 e. The Kier molecular flexibility index (Phi) is 6.40. The molecule has 0 amide bonds. The molecule has 2 nitrogen and oxygen atoms in total. The van der Waals surface area contributed by atoms with Crippen LogP contribution in [-0.2, 0) is 5.41 Å². The molecule has 0 saturated carbocycles. The van der Waals surface area contributed by atoms with Crippen LogP contribution in [0.15, 0.2) is 200 Å². The van der Waals surface area contributed by atoms with E-state index in [1.807, 2.05) is 0 Å². The molecule has 0 fully saturated rings.